The summed E-state index contributed by atoms with van der Waals surface area (Å²) in [5.41, 5.74) is 4.82. The predicted octanol–water partition coefficient (Wildman–Crippen LogP) is 2.93. The van der Waals surface area contributed by atoms with Crippen molar-refractivity contribution in [3.8, 4) is 0 Å². The van der Waals surface area contributed by atoms with Crippen LogP contribution in [0.5, 0.6) is 0 Å². The summed E-state index contributed by atoms with van der Waals surface area (Å²) < 4.78 is 0. The van der Waals surface area contributed by atoms with Gasteiger partial charge in [0.05, 0.1) is 0 Å². The number of hydrogen-bond acceptors (Lipinski definition) is 3. The Morgan fingerprint density at radius 3 is 2.95 bits per heavy atom. The summed E-state index contributed by atoms with van der Waals surface area (Å²) in [4.78, 5) is 4.15. The fraction of sp³-hybridized carbons (Fsp3) is 0.312. The van der Waals surface area contributed by atoms with Crippen LogP contribution in [0.15, 0.2) is 42.7 Å². The summed E-state index contributed by atoms with van der Waals surface area (Å²) >= 11 is 0. The zero-order valence-corrected chi connectivity index (χ0v) is 11.3. The van der Waals surface area contributed by atoms with Crippen LogP contribution in [-0.2, 0) is 13.0 Å². The second kappa shape index (κ2) is 6.90. The van der Waals surface area contributed by atoms with E-state index in [1.165, 1.54) is 16.7 Å². The van der Waals surface area contributed by atoms with Gasteiger partial charge < -0.3 is 10.4 Å². The van der Waals surface area contributed by atoms with Crippen LogP contribution in [0.1, 0.15) is 23.1 Å². The molecule has 0 aliphatic heterocycles. The Labute approximate surface area is 114 Å². The summed E-state index contributed by atoms with van der Waals surface area (Å²) in [5, 5.41) is 12.3. The van der Waals surface area contributed by atoms with E-state index in [1.807, 2.05) is 24.5 Å². The van der Waals surface area contributed by atoms with Crippen LogP contribution in [0.25, 0.3) is 0 Å². The zero-order valence-electron chi connectivity index (χ0n) is 11.3. The molecule has 0 amide bonds. The fourth-order valence-corrected chi connectivity index (χ4v) is 2.00. The number of anilines is 1. The van der Waals surface area contributed by atoms with E-state index in [0.717, 1.165) is 25.1 Å². The summed E-state index contributed by atoms with van der Waals surface area (Å²) in [6.07, 6.45) is 5.44. The second-order valence-electron chi connectivity index (χ2n) is 4.68. The molecule has 1 heterocycles. The van der Waals surface area contributed by atoms with Crippen LogP contribution in [0.4, 0.5) is 5.69 Å². The molecule has 0 saturated heterocycles. The topological polar surface area (TPSA) is 45.2 Å². The molecular weight excluding hydrogens is 236 g/mol. The number of pyridine rings is 1. The van der Waals surface area contributed by atoms with Crippen molar-refractivity contribution in [3.63, 3.8) is 0 Å². The van der Waals surface area contributed by atoms with Crippen molar-refractivity contribution >= 4 is 5.69 Å². The van der Waals surface area contributed by atoms with Gasteiger partial charge in [-0.15, -0.1) is 0 Å². The number of aryl methyl sites for hydroxylation is 2. The number of aliphatic hydroxyl groups excluding tert-OH is 1. The molecule has 0 spiro atoms. The van der Waals surface area contributed by atoms with Crippen molar-refractivity contribution in [3.05, 3.63) is 59.4 Å². The van der Waals surface area contributed by atoms with Crippen LogP contribution in [0.2, 0.25) is 0 Å². The maximum Gasteiger partial charge on any atom is 0.0434 e. The molecule has 19 heavy (non-hydrogen) atoms. The molecule has 1 aromatic carbocycles. The van der Waals surface area contributed by atoms with E-state index in [2.05, 4.69) is 35.4 Å². The first-order valence-corrected chi connectivity index (χ1v) is 6.63. The molecule has 2 N–H and O–H groups in total. The largest absolute Gasteiger partial charge is 0.396 e. The summed E-state index contributed by atoms with van der Waals surface area (Å²) in [7, 11) is 0. The Balaban J connectivity index is 1.98. The zero-order chi connectivity index (χ0) is 13.5. The Hall–Kier alpha value is -1.87. The minimum absolute atomic E-state index is 0.243. The molecule has 2 rings (SSSR count). The number of nitrogens with zero attached hydrogens (tertiary/aromatic N) is 1. The summed E-state index contributed by atoms with van der Waals surface area (Å²) in [6.45, 7) is 3.12. The minimum Gasteiger partial charge on any atom is -0.396 e. The van der Waals surface area contributed by atoms with Gasteiger partial charge in [-0.05, 0) is 54.7 Å². The smallest absolute Gasteiger partial charge is 0.0434 e. The average Bonchev–Trinajstić information content (AvgIpc) is 2.45. The molecule has 0 atom stereocenters. The van der Waals surface area contributed by atoms with E-state index in [4.69, 9.17) is 5.11 Å². The van der Waals surface area contributed by atoms with Crippen LogP contribution in [-0.4, -0.2) is 16.7 Å². The van der Waals surface area contributed by atoms with Crippen molar-refractivity contribution < 1.29 is 5.11 Å². The maximum absolute atomic E-state index is 8.86. The van der Waals surface area contributed by atoms with Crippen molar-refractivity contribution in [1.29, 1.82) is 0 Å². The van der Waals surface area contributed by atoms with Gasteiger partial charge in [-0.1, -0.05) is 12.1 Å². The number of nitrogens with one attached hydrogen (secondary N) is 1. The maximum atomic E-state index is 8.86. The standard InChI is InChI=1S/C16H20N2O/c1-13-7-8-17-11-15(13)12-18-16-6-2-4-14(10-16)5-3-9-19/h2,4,6-8,10-11,18-19H,3,5,9,12H2,1H3. The lowest BCUT2D eigenvalue weighted by Gasteiger charge is -2.10. The molecule has 100 valence electrons. The molecule has 0 unspecified atom stereocenters. The normalized spacial score (nSPS) is 10.4. The number of hydrogen-bond donors (Lipinski definition) is 2. The predicted molar refractivity (Wildman–Crippen MR) is 78.1 cm³/mol. The van der Waals surface area contributed by atoms with Crippen LogP contribution < -0.4 is 5.32 Å². The first-order valence-electron chi connectivity index (χ1n) is 6.63. The Bertz CT molecular complexity index is 526. The summed E-state index contributed by atoms with van der Waals surface area (Å²) in [5.74, 6) is 0. The molecule has 0 aliphatic rings. The van der Waals surface area contributed by atoms with Crippen molar-refractivity contribution in [2.24, 2.45) is 0 Å². The van der Waals surface area contributed by atoms with Crippen LogP contribution in [0, 0.1) is 6.92 Å². The van der Waals surface area contributed by atoms with Gasteiger partial charge in [-0.2, -0.15) is 0 Å². The van der Waals surface area contributed by atoms with Crippen LogP contribution >= 0.6 is 0 Å². The van der Waals surface area contributed by atoms with Crippen molar-refractivity contribution in [1.82, 2.24) is 4.98 Å². The van der Waals surface area contributed by atoms with Gasteiger partial charge in [-0.3, -0.25) is 4.98 Å². The van der Waals surface area contributed by atoms with Gasteiger partial charge in [-0.25, -0.2) is 0 Å². The third-order valence-corrected chi connectivity index (χ3v) is 3.18. The first-order chi connectivity index (χ1) is 9.29. The lowest BCUT2D eigenvalue weighted by Crippen LogP contribution is -2.02. The first kappa shape index (κ1) is 13.6. The van der Waals surface area contributed by atoms with Crippen molar-refractivity contribution in [2.75, 3.05) is 11.9 Å². The number of rotatable bonds is 6. The van der Waals surface area contributed by atoms with Gasteiger partial charge >= 0.3 is 0 Å². The molecule has 0 radical (unpaired) electrons. The summed E-state index contributed by atoms with van der Waals surface area (Å²) in [6, 6.07) is 10.4. The highest BCUT2D eigenvalue weighted by Crippen LogP contribution is 2.14. The van der Waals surface area contributed by atoms with Crippen molar-refractivity contribution in [2.45, 2.75) is 26.3 Å². The monoisotopic (exact) mass is 256 g/mol. The highest BCUT2D eigenvalue weighted by Gasteiger charge is 1.99. The van der Waals surface area contributed by atoms with Gasteiger partial charge in [0.2, 0.25) is 0 Å². The molecule has 3 heteroatoms. The van der Waals surface area contributed by atoms with Gasteiger partial charge in [0.1, 0.15) is 0 Å². The highest BCUT2D eigenvalue weighted by molar-refractivity contribution is 5.46. The molecule has 0 aliphatic carbocycles. The number of aliphatic hydroxyl groups is 1. The molecule has 0 fully saturated rings. The Kier molecular flexibility index (Phi) is 4.93. The third-order valence-electron chi connectivity index (χ3n) is 3.18. The van der Waals surface area contributed by atoms with Gasteiger partial charge in [0.25, 0.3) is 0 Å². The average molecular weight is 256 g/mol. The quantitative estimate of drug-likeness (QED) is 0.835. The number of benzene rings is 1. The molecule has 1 aromatic heterocycles. The van der Waals surface area contributed by atoms with E-state index in [1.54, 1.807) is 0 Å². The van der Waals surface area contributed by atoms with E-state index in [9.17, 15) is 0 Å². The van der Waals surface area contributed by atoms with E-state index >= 15 is 0 Å². The molecule has 0 bridgehead atoms. The highest BCUT2D eigenvalue weighted by atomic mass is 16.2. The minimum atomic E-state index is 0.243. The Morgan fingerprint density at radius 1 is 1.26 bits per heavy atom. The lowest BCUT2D eigenvalue weighted by molar-refractivity contribution is 0.288. The second-order valence-corrected chi connectivity index (χ2v) is 4.68. The van der Waals surface area contributed by atoms with E-state index in [0.29, 0.717) is 0 Å². The van der Waals surface area contributed by atoms with E-state index in [-0.39, 0.29) is 6.61 Å². The lowest BCUT2D eigenvalue weighted by atomic mass is 10.1. The fourth-order valence-electron chi connectivity index (χ4n) is 2.00. The van der Waals surface area contributed by atoms with Crippen LogP contribution in [0.3, 0.4) is 0 Å². The molecule has 2 aromatic rings. The van der Waals surface area contributed by atoms with E-state index < -0.39 is 0 Å². The molecule has 0 saturated carbocycles. The Morgan fingerprint density at radius 2 is 2.16 bits per heavy atom. The number of aromatic nitrogens is 1. The third kappa shape index (κ3) is 4.07. The van der Waals surface area contributed by atoms with Gasteiger partial charge in [0.15, 0.2) is 0 Å². The molecule has 3 nitrogen and oxygen atoms in total. The molecular formula is C16H20N2O. The van der Waals surface area contributed by atoms with Gasteiger partial charge in [0, 0.05) is 31.2 Å². The SMILES string of the molecule is Cc1ccncc1CNc1cccc(CCCO)c1.